The summed E-state index contributed by atoms with van der Waals surface area (Å²) in [5, 5.41) is 7.13. The number of nitrogens with zero attached hydrogens (tertiary/aromatic N) is 1. The van der Waals surface area contributed by atoms with Crippen molar-refractivity contribution in [1.29, 1.82) is 0 Å². The Morgan fingerprint density at radius 1 is 0.971 bits per heavy atom. The molecule has 0 aliphatic rings. The topological polar surface area (TPSA) is 89.0 Å². The molecule has 0 unspecified atom stereocenters. The fraction of sp³-hybridized carbons (Fsp3) is 0.125. The van der Waals surface area contributed by atoms with Crippen molar-refractivity contribution in [2.75, 3.05) is 12.4 Å². The lowest BCUT2D eigenvalue weighted by Gasteiger charge is -2.11. The molecule has 3 rings (SSSR count). The van der Waals surface area contributed by atoms with Gasteiger partial charge in [0.15, 0.2) is 11.5 Å². The lowest BCUT2D eigenvalue weighted by molar-refractivity contribution is -0.126. The van der Waals surface area contributed by atoms with Gasteiger partial charge in [-0.1, -0.05) is 51.3 Å². The average molecular weight is 565 g/mol. The van der Waals surface area contributed by atoms with E-state index in [9.17, 15) is 9.59 Å². The van der Waals surface area contributed by atoms with Gasteiger partial charge in [0.1, 0.15) is 13.0 Å². The third-order valence-electron chi connectivity index (χ3n) is 4.42. The van der Waals surface area contributed by atoms with Crippen molar-refractivity contribution in [2.45, 2.75) is 13.0 Å². The van der Waals surface area contributed by atoms with Crippen molar-refractivity contribution in [2.24, 2.45) is 5.10 Å². The van der Waals surface area contributed by atoms with Gasteiger partial charge in [0.05, 0.1) is 23.4 Å². The molecule has 0 saturated heterocycles. The molecule has 10 heteroatoms. The molecular formula is C24H20BrCl2N3O4. The first kappa shape index (κ1) is 25.6. The first-order valence-electron chi connectivity index (χ1n) is 9.96. The smallest absolute Gasteiger partial charge is 0.249 e. The number of halogens is 3. The second-order valence-corrected chi connectivity index (χ2v) is 8.70. The zero-order chi connectivity index (χ0) is 24.5. The van der Waals surface area contributed by atoms with Crippen LogP contribution in [0, 0.1) is 0 Å². The highest BCUT2D eigenvalue weighted by Gasteiger charge is 2.10. The Morgan fingerprint density at radius 3 is 2.44 bits per heavy atom. The first-order valence-corrected chi connectivity index (χ1v) is 11.5. The van der Waals surface area contributed by atoms with Crippen LogP contribution in [0.15, 0.2) is 70.2 Å². The molecule has 0 aromatic heterocycles. The van der Waals surface area contributed by atoms with Crippen LogP contribution in [0.3, 0.4) is 0 Å². The number of methoxy groups -OCH3 is 1. The number of rotatable bonds is 9. The van der Waals surface area contributed by atoms with E-state index in [-0.39, 0.29) is 0 Å². The number of benzene rings is 3. The Morgan fingerprint density at radius 2 is 1.74 bits per heavy atom. The molecule has 7 nitrogen and oxygen atoms in total. The minimum atomic E-state index is -0.574. The molecule has 0 fully saturated rings. The SMILES string of the molecule is COc1cc(/C=N\NC(=O)CC(=O)Nc2ccc(Cl)c(Cl)c2)ccc1OCc1ccc(Br)cc1. The van der Waals surface area contributed by atoms with Gasteiger partial charge in [-0.25, -0.2) is 5.43 Å². The van der Waals surface area contributed by atoms with Gasteiger partial charge in [-0.3, -0.25) is 9.59 Å². The van der Waals surface area contributed by atoms with E-state index >= 15 is 0 Å². The van der Waals surface area contributed by atoms with E-state index in [1.807, 2.05) is 24.3 Å². The van der Waals surface area contributed by atoms with Crippen LogP contribution in [0.2, 0.25) is 10.0 Å². The van der Waals surface area contributed by atoms with Crippen LogP contribution in [0.5, 0.6) is 11.5 Å². The number of hydrazone groups is 1. The standard InChI is InChI=1S/C24H20BrCl2N3O4/c1-33-22-10-16(4-9-21(22)34-14-15-2-5-17(25)6-3-15)13-28-30-24(32)12-23(31)29-18-7-8-19(26)20(27)11-18/h2-11,13H,12,14H2,1H3,(H,29,31)(H,30,32)/b28-13-. The van der Waals surface area contributed by atoms with Gasteiger partial charge >= 0.3 is 0 Å². The highest BCUT2D eigenvalue weighted by atomic mass is 79.9. The molecule has 3 aromatic carbocycles. The van der Waals surface area contributed by atoms with Gasteiger partial charge in [-0.2, -0.15) is 5.10 Å². The molecule has 0 atom stereocenters. The maximum absolute atomic E-state index is 12.0. The molecule has 0 radical (unpaired) electrons. The minimum Gasteiger partial charge on any atom is -0.493 e. The third kappa shape index (κ3) is 7.76. The maximum atomic E-state index is 12.0. The quantitative estimate of drug-likeness (QED) is 0.195. The number of hydrogen-bond donors (Lipinski definition) is 2. The normalized spacial score (nSPS) is 10.7. The van der Waals surface area contributed by atoms with Crippen molar-refractivity contribution in [1.82, 2.24) is 5.43 Å². The van der Waals surface area contributed by atoms with Crippen LogP contribution >= 0.6 is 39.1 Å². The molecule has 176 valence electrons. The Hall–Kier alpha value is -3.07. The molecular weight excluding hydrogens is 545 g/mol. The number of ether oxygens (including phenoxy) is 2. The zero-order valence-corrected chi connectivity index (χ0v) is 21.1. The monoisotopic (exact) mass is 563 g/mol. The van der Waals surface area contributed by atoms with Crippen LogP contribution in [0.4, 0.5) is 5.69 Å². The van der Waals surface area contributed by atoms with Gasteiger partial charge in [-0.15, -0.1) is 0 Å². The fourth-order valence-electron chi connectivity index (χ4n) is 2.77. The van der Waals surface area contributed by atoms with Crippen LogP contribution < -0.4 is 20.2 Å². The van der Waals surface area contributed by atoms with Crippen LogP contribution in [0.1, 0.15) is 17.5 Å². The molecule has 0 bridgehead atoms. The third-order valence-corrected chi connectivity index (χ3v) is 5.69. The zero-order valence-electron chi connectivity index (χ0n) is 18.0. The first-order chi connectivity index (χ1) is 16.3. The molecule has 2 N–H and O–H groups in total. The molecule has 0 heterocycles. The van der Waals surface area contributed by atoms with Crippen molar-refractivity contribution in [3.8, 4) is 11.5 Å². The number of carbonyl (C=O) groups excluding carboxylic acids is 2. The van der Waals surface area contributed by atoms with E-state index in [2.05, 4.69) is 31.8 Å². The molecule has 0 spiro atoms. The highest BCUT2D eigenvalue weighted by Crippen LogP contribution is 2.28. The lowest BCUT2D eigenvalue weighted by Crippen LogP contribution is -2.24. The molecule has 0 aliphatic heterocycles. The van der Waals surface area contributed by atoms with Crippen molar-refractivity contribution in [3.05, 3.63) is 86.3 Å². The maximum Gasteiger partial charge on any atom is 0.249 e. The predicted octanol–water partition coefficient (Wildman–Crippen LogP) is 5.82. The van der Waals surface area contributed by atoms with Crippen LogP contribution in [-0.2, 0) is 16.2 Å². The van der Waals surface area contributed by atoms with Gasteiger partial charge in [0, 0.05) is 10.2 Å². The van der Waals surface area contributed by atoms with E-state index in [1.54, 1.807) is 30.3 Å². The van der Waals surface area contributed by atoms with Crippen molar-refractivity contribution in [3.63, 3.8) is 0 Å². The number of hydrogen-bond acceptors (Lipinski definition) is 5. The number of anilines is 1. The Bertz CT molecular complexity index is 1200. The Balaban J connectivity index is 1.51. The molecule has 0 aliphatic carbocycles. The van der Waals surface area contributed by atoms with Crippen molar-refractivity contribution < 1.29 is 19.1 Å². The summed E-state index contributed by atoms with van der Waals surface area (Å²) in [7, 11) is 1.54. The summed E-state index contributed by atoms with van der Waals surface area (Å²) in [4.78, 5) is 24.0. The average Bonchev–Trinajstić information content (AvgIpc) is 2.81. The number of nitrogens with one attached hydrogen (secondary N) is 2. The summed E-state index contributed by atoms with van der Waals surface area (Å²) in [6, 6.07) is 17.7. The van der Waals surface area contributed by atoms with E-state index in [1.165, 1.54) is 19.4 Å². The largest absolute Gasteiger partial charge is 0.493 e. The molecule has 0 saturated carbocycles. The van der Waals surface area contributed by atoms with E-state index in [0.29, 0.717) is 39.4 Å². The van der Waals surface area contributed by atoms with E-state index < -0.39 is 18.2 Å². The summed E-state index contributed by atoms with van der Waals surface area (Å²) in [5.41, 5.74) is 4.44. The highest BCUT2D eigenvalue weighted by molar-refractivity contribution is 9.10. The van der Waals surface area contributed by atoms with Gasteiger partial charge < -0.3 is 14.8 Å². The summed E-state index contributed by atoms with van der Waals surface area (Å²) >= 11 is 15.2. The summed E-state index contributed by atoms with van der Waals surface area (Å²) in [6.07, 6.45) is 1.03. The molecule has 3 aromatic rings. The second-order valence-electron chi connectivity index (χ2n) is 6.97. The number of amides is 2. The van der Waals surface area contributed by atoms with Gasteiger partial charge in [-0.05, 0) is 59.7 Å². The second kappa shape index (κ2) is 12.4. The van der Waals surface area contributed by atoms with Crippen molar-refractivity contribution >= 4 is 62.8 Å². The summed E-state index contributed by atoms with van der Waals surface area (Å²) < 4.78 is 12.2. The van der Waals surface area contributed by atoms with Gasteiger partial charge in [0.2, 0.25) is 11.8 Å². The summed E-state index contributed by atoms with van der Waals surface area (Å²) in [6.45, 7) is 0.386. The van der Waals surface area contributed by atoms with Gasteiger partial charge in [0.25, 0.3) is 0 Å². The lowest BCUT2D eigenvalue weighted by atomic mass is 10.2. The molecule has 2 amide bonds. The molecule has 34 heavy (non-hydrogen) atoms. The van der Waals surface area contributed by atoms with Crippen LogP contribution in [-0.4, -0.2) is 25.1 Å². The minimum absolute atomic E-state index is 0.300. The predicted molar refractivity (Wildman–Crippen MR) is 137 cm³/mol. The Labute approximate surface area is 215 Å². The van der Waals surface area contributed by atoms with E-state index in [4.69, 9.17) is 32.7 Å². The summed E-state index contributed by atoms with van der Waals surface area (Å²) in [5.74, 6) is 0.00855. The Kier molecular flexibility index (Phi) is 9.33. The number of carbonyl (C=O) groups is 2. The van der Waals surface area contributed by atoms with E-state index in [0.717, 1.165) is 10.0 Å². The van der Waals surface area contributed by atoms with Crippen LogP contribution in [0.25, 0.3) is 0 Å². The fourth-order valence-corrected chi connectivity index (χ4v) is 3.33.